The molecule has 0 fully saturated rings. The zero-order chi connectivity index (χ0) is 10.6. The number of rotatable bonds is 3. The van der Waals surface area contributed by atoms with Crippen LogP contribution in [0.3, 0.4) is 0 Å². The van der Waals surface area contributed by atoms with Crippen LogP contribution in [0.1, 0.15) is 12.5 Å². The van der Waals surface area contributed by atoms with Gasteiger partial charge >= 0.3 is 0 Å². The number of hydrogen-bond donors (Lipinski definition) is 0. The molecule has 1 rings (SSSR count). The zero-order valence-electron chi connectivity index (χ0n) is 8.18. The summed E-state index contributed by atoms with van der Waals surface area (Å²) in [5.74, 6) is 0.279. The second-order valence-corrected chi connectivity index (χ2v) is 3.57. The van der Waals surface area contributed by atoms with E-state index in [1.165, 1.54) is 13.2 Å². The van der Waals surface area contributed by atoms with Gasteiger partial charge in [0.1, 0.15) is 11.6 Å². The number of ether oxygens (including phenoxy) is 1. The fraction of sp³-hybridized carbons (Fsp3) is 0.273. The third-order valence-electron chi connectivity index (χ3n) is 1.82. The van der Waals surface area contributed by atoms with Crippen LogP contribution in [0.4, 0.5) is 4.39 Å². The predicted octanol–water partition coefficient (Wildman–Crippen LogP) is 3.63. The van der Waals surface area contributed by atoms with Crippen molar-refractivity contribution in [3.8, 4) is 5.75 Å². The number of benzene rings is 1. The minimum atomic E-state index is -0.260. The minimum Gasteiger partial charge on any atom is -0.497 e. The fourth-order valence-corrected chi connectivity index (χ4v) is 1.22. The van der Waals surface area contributed by atoms with Crippen molar-refractivity contribution in [2.45, 2.75) is 6.92 Å². The van der Waals surface area contributed by atoms with Crippen LogP contribution < -0.4 is 4.74 Å². The molecule has 0 saturated heterocycles. The highest BCUT2D eigenvalue weighted by molar-refractivity contribution is 9.09. The molecule has 0 aliphatic heterocycles. The Morgan fingerprint density at radius 1 is 1.57 bits per heavy atom. The lowest BCUT2D eigenvalue weighted by Crippen LogP contribution is -1.88. The van der Waals surface area contributed by atoms with Crippen molar-refractivity contribution in [3.63, 3.8) is 0 Å². The van der Waals surface area contributed by atoms with Gasteiger partial charge in [-0.2, -0.15) is 0 Å². The maximum Gasteiger partial charge on any atom is 0.134 e. The molecule has 0 aromatic heterocycles. The molecule has 0 spiro atoms. The van der Waals surface area contributed by atoms with E-state index in [1.54, 1.807) is 12.1 Å². The highest BCUT2D eigenvalue weighted by Crippen LogP contribution is 2.18. The van der Waals surface area contributed by atoms with E-state index >= 15 is 0 Å². The lowest BCUT2D eigenvalue weighted by Gasteiger charge is -2.02. The van der Waals surface area contributed by atoms with Gasteiger partial charge in [0, 0.05) is 17.0 Å². The Labute approximate surface area is 91.7 Å². The highest BCUT2D eigenvalue weighted by atomic mass is 79.9. The summed E-state index contributed by atoms with van der Waals surface area (Å²) in [6, 6.07) is 4.84. The summed E-state index contributed by atoms with van der Waals surface area (Å²) in [5, 5.41) is 0.748. The molecule has 0 saturated carbocycles. The summed E-state index contributed by atoms with van der Waals surface area (Å²) in [5.41, 5.74) is 1.66. The molecule has 0 unspecified atom stereocenters. The summed E-state index contributed by atoms with van der Waals surface area (Å²) < 4.78 is 18.3. The lowest BCUT2D eigenvalue weighted by atomic mass is 10.1. The van der Waals surface area contributed by atoms with E-state index in [1.807, 2.05) is 13.0 Å². The Morgan fingerprint density at radius 2 is 2.29 bits per heavy atom. The number of alkyl halides is 1. The highest BCUT2D eigenvalue weighted by Gasteiger charge is 2.01. The molecule has 0 aliphatic carbocycles. The number of hydrogen-bond acceptors (Lipinski definition) is 1. The Hall–Kier alpha value is -0.830. The van der Waals surface area contributed by atoms with Crippen LogP contribution in [-0.4, -0.2) is 12.4 Å². The molecule has 14 heavy (non-hydrogen) atoms. The Morgan fingerprint density at radius 3 is 2.79 bits per heavy atom. The average molecular weight is 259 g/mol. The van der Waals surface area contributed by atoms with Crippen molar-refractivity contribution in [2.24, 2.45) is 0 Å². The van der Waals surface area contributed by atoms with Gasteiger partial charge in [-0.15, -0.1) is 0 Å². The van der Waals surface area contributed by atoms with Crippen LogP contribution in [-0.2, 0) is 0 Å². The molecule has 1 aromatic carbocycles. The van der Waals surface area contributed by atoms with E-state index in [2.05, 4.69) is 15.9 Å². The standard InChI is InChI=1S/C11H12BrFO/c1-8(7-12)5-9-3-4-10(14-2)6-11(9)13/h3-6H,7H2,1-2H3/b8-5-. The largest absolute Gasteiger partial charge is 0.497 e. The van der Waals surface area contributed by atoms with Crippen molar-refractivity contribution in [1.29, 1.82) is 0 Å². The third-order valence-corrected chi connectivity index (χ3v) is 2.70. The van der Waals surface area contributed by atoms with Gasteiger partial charge in [-0.3, -0.25) is 0 Å². The second kappa shape index (κ2) is 5.15. The molecule has 0 N–H and O–H groups in total. The summed E-state index contributed by atoms with van der Waals surface area (Å²) in [6.45, 7) is 1.94. The average Bonchev–Trinajstić information content (AvgIpc) is 2.20. The molecule has 1 aromatic rings. The number of halogens is 2. The zero-order valence-corrected chi connectivity index (χ0v) is 9.77. The Kier molecular flexibility index (Phi) is 4.14. The van der Waals surface area contributed by atoms with Crippen LogP contribution in [0.25, 0.3) is 6.08 Å². The van der Waals surface area contributed by atoms with Gasteiger partial charge in [0.2, 0.25) is 0 Å². The topological polar surface area (TPSA) is 9.23 Å². The van der Waals surface area contributed by atoms with Crippen molar-refractivity contribution in [3.05, 3.63) is 35.2 Å². The molecule has 1 nitrogen and oxygen atoms in total. The van der Waals surface area contributed by atoms with Crippen LogP contribution in [0.15, 0.2) is 23.8 Å². The smallest absolute Gasteiger partial charge is 0.134 e. The van der Waals surface area contributed by atoms with Crippen LogP contribution in [0.5, 0.6) is 5.75 Å². The normalized spacial score (nSPS) is 11.6. The first kappa shape index (κ1) is 11.2. The first-order valence-corrected chi connectivity index (χ1v) is 5.36. The summed E-state index contributed by atoms with van der Waals surface area (Å²) in [7, 11) is 1.52. The van der Waals surface area contributed by atoms with E-state index in [4.69, 9.17) is 4.74 Å². The molecule has 0 atom stereocenters. The van der Waals surface area contributed by atoms with Gasteiger partial charge in [-0.05, 0) is 19.1 Å². The molecular formula is C11H12BrFO. The van der Waals surface area contributed by atoms with E-state index in [-0.39, 0.29) is 5.82 Å². The monoisotopic (exact) mass is 258 g/mol. The van der Waals surface area contributed by atoms with E-state index < -0.39 is 0 Å². The summed E-state index contributed by atoms with van der Waals surface area (Å²) in [4.78, 5) is 0. The van der Waals surface area contributed by atoms with Gasteiger partial charge in [0.15, 0.2) is 0 Å². The molecule has 76 valence electrons. The van der Waals surface area contributed by atoms with Gasteiger partial charge in [0.25, 0.3) is 0 Å². The van der Waals surface area contributed by atoms with Crippen LogP contribution in [0, 0.1) is 5.82 Å². The van der Waals surface area contributed by atoms with Crippen LogP contribution in [0.2, 0.25) is 0 Å². The number of methoxy groups -OCH3 is 1. The van der Waals surface area contributed by atoms with Gasteiger partial charge in [-0.25, -0.2) is 4.39 Å². The molecule has 0 radical (unpaired) electrons. The predicted molar refractivity (Wildman–Crippen MR) is 60.4 cm³/mol. The maximum absolute atomic E-state index is 13.4. The van der Waals surface area contributed by atoms with Crippen molar-refractivity contribution >= 4 is 22.0 Å². The first-order chi connectivity index (χ1) is 6.67. The second-order valence-electron chi connectivity index (χ2n) is 3.01. The molecular weight excluding hydrogens is 247 g/mol. The fourth-order valence-electron chi connectivity index (χ4n) is 1.06. The quantitative estimate of drug-likeness (QED) is 0.753. The third kappa shape index (κ3) is 2.84. The summed E-state index contributed by atoms with van der Waals surface area (Å²) in [6.07, 6.45) is 1.81. The molecule has 0 aliphatic rings. The van der Waals surface area contributed by atoms with Crippen molar-refractivity contribution in [2.75, 3.05) is 12.4 Å². The van der Waals surface area contributed by atoms with Gasteiger partial charge < -0.3 is 4.74 Å². The first-order valence-electron chi connectivity index (χ1n) is 4.24. The Bertz CT molecular complexity index is 347. The van der Waals surface area contributed by atoms with Crippen molar-refractivity contribution < 1.29 is 9.13 Å². The number of allylic oxidation sites excluding steroid dienone is 1. The SMILES string of the molecule is COc1ccc(/C=C(/C)CBr)c(F)c1. The van der Waals surface area contributed by atoms with E-state index in [9.17, 15) is 4.39 Å². The van der Waals surface area contributed by atoms with Gasteiger partial charge in [0.05, 0.1) is 7.11 Å². The lowest BCUT2D eigenvalue weighted by molar-refractivity contribution is 0.411. The molecule has 0 heterocycles. The Balaban J connectivity index is 3.00. The van der Waals surface area contributed by atoms with Crippen LogP contribution >= 0.6 is 15.9 Å². The molecule has 0 bridgehead atoms. The molecule has 3 heteroatoms. The van der Waals surface area contributed by atoms with Gasteiger partial charge in [-0.1, -0.05) is 27.6 Å². The maximum atomic E-state index is 13.4. The molecule has 0 amide bonds. The minimum absolute atomic E-state index is 0.260. The van der Waals surface area contributed by atoms with E-state index in [0.717, 1.165) is 10.9 Å². The van der Waals surface area contributed by atoms with E-state index in [0.29, 0.717) is 11.3 Å². The van der Waals surface area contributed by atoms with Crippen molar-refractivity contribution in [1.82, 2.24) is 0 Å². The summed E-state index contributed by atoms with van der Waals surface area (Å²) >= 11 is 3.31.